The number of likely N-dealkylation sites (N-methyl/N-ethyl adjacent to an activating group) is 1. The molecule has 0 saturated carbocycles. The maximum Gasteiger partial charge on any atom is 0.289 e. The fourth-order valence-electron chi connectivity index (χ4n) is 1.63. The lowest BCUT2D eigenvalue weighted by Crippen LogP contribution is -2.31. The van der Waals surface area contributed by atoms with Gasteiger partial charge in [0.1, 0.15) is 5.75 Å². The van der Waals surface area contributed by atoms with Crippen LogP contribution < -0.4 is 4.74 Å². The van der Waals surface area contributed by atoms with Crippen molar-refractivity contribution in [3.05, 3.63) is 29.3 Å². The number of methoxy groups -OCH3 is 1. The molecule has 1 rings (SSSR count). The normalized spacial score (nSPS) is 9.88. The van der Waals surface area contributed by atoms with E-state index in [0.717, 1.165) is 16.9 Å². The maximum atomic E-state index is 11.5. The zero-order valence-corrected chi connectivity index (χ0v) is 10.6. The molecule has 4 heteroatoms. The summed E-state index contributed by atoms with van der Waals surface area (Å²) in [6.45, 7) is 3.60. The van der Waals surface area contributed by atoms with Crippen LogP contribution in [-0.4, -0.2) is 30.7 Å². The van der Waals surface area contributed by atoms with Crippen LogP contribution in [0, 0.1) is 6.92 Å². The standard InChI is InChI=1S/C13H17NO3/c1-9-5-6-12(17-4)11(7-9)8-14(3)13(16)10(2)15/h5-7H,8H2,1-4H3. The van der Waals surface area contributed by atoms with Crippen LogP contribution in [0.1, 0.15) is 18.1 Å². The summed E-state index contributed by atoms with van der Waals surface area (Å²) in [4.78, 5) is 23.8. The van der Waals surface area contributed by atoms with E-state index in [9.17, 15) is 9.59 Å². The topological polar surface area (TPSA) is 46.6 Å². The van der Waals surface area contributed by atoms with Gasteiger partial charge in [0.25, 0.3) is 5.91 Å². The van der Waals surface area contributed by atoms with Gasteiger partial charge in [-0.3, -0.25) is 9.59 Å². The first kappa shape index (κ1) is 13.2. The molecule has 1 aromatic rings. The molecule has 0 atom stereocenters. The van der Waals surface area contributed by atoms with Gasteiger partial charge in [0.05, 0.1) is 7.11 Å². The fourth-order valence-corrected chi connectivity index (χ4v) is 1.63. The number of ketones is 1. The molecular formula is C13H17NO3. The lowest BCUT2D eigenvalue weighted by molar-refractivity contribution is -0.143. The van der Waals surface area contributed by atoms with Crippen molar-refractivity contribution in [2.24, 2.45) is 0 Å². The van der Waals surface area contributed by atoms with Gasteiger partial charge in [-0.2, -0.15) is 0 Å². The Labute approximate surface area is 101 Å². The molecule has 92 valence electrons. The number of carbonyl (C=O) groups excluding carboxylic acids is 2. The zero-order chi connectivity index (χ0) is 13.0. The Morgan fingerprint density at radius 2 is 2.00 bits per heavy atom. The summed E-state index contributed by atoms with van der Waals surface area (Å²) >= 11 is 0. The Balaban J connectivity index is 2.90. The molecule has 0 spiro atoms. The Hall–Kier alpha value is -1.84. The number of hydrogen-bond donors (Lipinski definition) is 0. The van der Waals surface area contributed by atoms with E-state index in [2.05, 4.69) is 0 Å². The molecule has 0 N–H and O–H groups in total. The summed E-state index contributed by atoms with van der Waals surface area (Å²) in [6, 6.07) is 5.74. The van der Waals surface area contributed by atoms with E-state index in [1.165, 1.54) is 11.8 Å². The SMILES string of the molecule is COc1ccc(C)cc1CN(C)C(=O)C(C)=O. The number of nitrogens with zero attached hydrogens (tertiary/aromatic N) is 1. The summed E-state index contributed by atoms with van der Waals surface area (Å²) in [5.74, 6) is -0.230. The number of rotatable bonds is 4. The maximum absolute atomic E-state index is 11.5. The molecular weight excluding hydrogens is 218 g/mol. The summed E-state index contributed by atoms with van der Waals surface area (Å²) in [6.07, 6.45) is 0. The monoisotopic (exact) mass is 235 g/mol. The van der Waals surface area contributed by atoms with Crippen molar-refractivity contribution in [2.75, 3.05) is 14.2 Å². The average Bonchev–Trinajstić information content (AvgIpc) is 2.28. The van der Waals surface area contributed by atoms with Gasteiger partial charge in [-0.15, -0.1) is 0 Å². The molecule has 0 heterocycles. The van der Waals surface area contributed by atoms with Crippen molar-refractivity contribution in [1.82, 2.24) is 4.90 Å². The van der Waals surface area contributed by atoms with Crippen molar-refractivity contribution in [3.8, 4) is 5.75 Å². The molecule has 0 radical (unpaired) electrons. The van der Waals surface area contributed by atoms with Crippen molar-refractivity contribution in [2.45, 2.75) is 20.4 Å². The fraction of sp³-hybridized carbons (Fsp3) is 0.385. The van der Waals surface area contributed by atoms with Crippen molar-refractivity contribution < 1.29 is 14.3 Å². The summed E-state index contributed by atoms with van der Waals surface area (Å²) in [5.41, 5.74) is 1.98. The van der Waals surface area contributed by atoms with Gasteiger partial charge in [-0.1, -0.05) is 17.7 Å². The van der Waals surface area contributed by atoms with Gasteiger partial charge >= 0.3 is 0 Å². The molecule has 1 aromatic carbocycles. The van der Waals surface area contributed by atoms with Crippen LogP contribution >= 0.6 is 0 Å². The third kappa shape index (κ3) is 3.31. The van der Waals surface area contributed by atoms with Crippen LogP contribution in [0.4, 0.5) is 0 Å². The minimum absolute atomic E-state index is 0.364. The van der Waals surface area contributed by atoms with E-state index in [1.54, 1.807) is 14.2 Å². The van der Waals surface area contributed by atoms with E-state index in [4.69, 9.17) is 4.74 Å². The van der Waals surface area contributed by atoms with Gasteiger partial charge in [0.15, 0.2) is 0 Å². The number of amides is 1. The number of hydrogen-bond acceptors (Lipinski definition) is 3. The van der Waals surface area contributed by atoms with Gasteiger partial charge in [-0.25, -0.2) is 0 Å². The number of Topliss-reactive ketones (excluding diaryl/α,β-unsaturated/α-hetero) is 1. The molecule has 0 saturated heterocycles. The van der Waals surface area contributed by atoms with E-state index in [0.29, 0.717) is 6.54 Å². The quantitative estimate of drug-likeness (QED) is 0.744. The highest BCUT2D eigenvalue weighted by atomic mass is 16.5. The van der Waals surface area contributed by atoms with Crippen molar-refractivity contribution >= 4 is 11.7 Å². The van der Waals surface area contributed by atoms with Gasteiger partial charge in [-0.05, 0) is 13.0 Å². The van der Waals surface area contributed by atoms with E-state index in [1.807, 2.05) is 25.1 Å². The average molecular weight is 235 g/mol. The minimum Gasteiger partial charge on any atom is -0.496 e. The van der Waals surface area contributed by atoms with Crippen LogP contribution in [-0.2, 0) is 16.1 Å². The van der Waals surface area contributed by atoms with Crippen LogP contribution in [0.25, 0.3) is 0 Å². The largest absolute Gasteiger partial charge is 0.496 e. The van der Waals surface area contributed by atoms with Crippen molar-refractivity contribution in [1.29, 1.82) is 0 Å². The summed E-state index contributed by atoms with van der Waals surface area (Å²) < 4.78 is 5.22. The molecule has 0 unspecified atom stereocenters. The molecule has 0 aliphatic heterocycles. The molecule has 17 heavy (non-hydrogen) atoms. The second-order valence-corrected chi connectivity index (χ2v) is 4.03. The molecule has 0 aromatic heterocycles. The third-order valence-electron chi connectivity index (χ3n) is 2.49. The van der Waals surface area contributed by atoms with Gasteiger partial charge in [0, 0.05) is 26.1 Å². The highest BCUT2D eigenvalue weighted by Crippen LogP contribution is 2.20. The highest BCUT2D eigenvalue weighted by molar-refractivity contribution is 6.34. The highest BCUT2D eigenvalue weighted by Gasteiger charge is 2.15. The number of aryl methyl sites for hydroxylation is 1. The number of carbonyl (C=O) groups is 2. The van der Waals surface area contributed by atoms with Crippen molar-refractivity contribution in [3.63, 3.8) is 0 Å². The zero-order valence-electron chi connectivity index (χ0n) is 10.6. The molecule has 1 amide bonds. The lowest BCUT2D eigenvalue weighted by atomic mass is 10.1. The Kier molecular flexibility index (Phi) is 4.26. The van der Waals surface area contributed by atoms with Crippen LogP contribution in [0.2, 0.25) is 0 Å². The van der Waals surface area contributed by atoms with Gasteiger partial charge < -0.3 is 9.64 Å². The Bertz CT molecular complexity index is 440. The predicted molar refractivity (Wildman–Crippen MR) is 64.9 cm³/mol. The molecule has 4 nitrogen and oxygen atoms in total. The Morgan fingerprint density at radius 3 is 2.53 bits per heavy atom. The molecule has 0 bridgehead atoms. The van der Waals surface area contributed by atoms with E-state index < -0.39 is 11.7 Å². The van der Waals surface area contributed by atoms with Gasteiger partial charge in [0.2, 0.25) is 5.78 Å². The molecule has 0 fully saturated rings. The minimum atomic E-state index is -0.492. The first-order valence-electron chi connectivity index (χ1n) is 5.35. The number of benzene rings is 1. The molecule has 0 aliphatic rings. The second kappa shape index (κ2) is 5.48. The van der Waals surface area contributed by atoms with E-state index >= 15 is 0 Å². The third-order valence-corrected chi connectivity index (χ3v) is 2.49. The lowest BCUT2D eigenvalue weighted by Gasteiger charge is -2.17. The van der Waals surface area contributed by atoms with E-state index in [-0.39, 0.29) is 0 Å². The first-order chi connectivity index (χ1) is 7.95. The predicted octanol–water partition coefficient (Wildman–Crippen LogP) is 1.55. The first-order valence-corrected chi connectivity index (χ1v) is 5.35. The number of ether oxygens (including phenoxy) is 1. The second-order valence-electron chi connectivity index (χ2n) is 4.03. The smallest absolute Gasteiger partial charge is 0.289 e. The summed E-state index contributed by atoms with van der Waals surface area (Å²) in [7, 11) is 3.19. The van der Waals surface area contributed by atoms with Crippen LogP contribution in [0.15, 0.2) is 18.2 Å². The summed E-state index contributed by atoms with van der Waals surface area (Å²) in [5, 5.41) is 0. The van der Waals surface area contributed by atoms with Crippen LogP contribution in [0.3, 0.4) is 0 Å². The van der Waals surface area contributed by atoms with Crippen LogP contribution in [0.5, 0.6) is 5.75 Å². The molecule has 0 aliphatic carbocycles. The Morgan fingerprint density at radius 1 is 1.35 bits per heavy atom.